The number of methoxy groups -OCH3 is 2. The number of hydrogen-bond donors (Lipinski definition) is 4. The molecule has 0 fully saturated rings. The maximum absolute atomic E-state index is 13.4. The van der Waals surface area contributed by atoms with E-state index in [-0.39, 0.29) is 37.1 Å². The minimum Gasteiger partial charge on any atom is -0.469 e. The quantitative estimate of drug-likeness (QED) is 0.182. The average molecular weight is 631 g/mol. The summed E-state index contributed by atoms with van der Waals surface area (Å²) in [5, 5.41) is 11.1. The number of aryl methyl sites for hydroxylation is 1. The van der Waals surface area contributed by atoms with Crippen molar-refractivity contribution in [1.29, 1.82) is 0 Å². The molecule has 3 aromatic carbocycles. The highest BCUT2D eigenvalue weighted by molar-refractivity contribution is 5.99. The van der Waals surface area contributed by atoms with Crippen LogP contribution in [0.1, 0.15) is 43.4 Å². The Morgan fingerprint density at radius 1 is 0.674 bits per heavy atom. The van der Waals surface area contributed by atoms with Crippen LogP contribution in [0.25, 0.3) is 0 Å². The summed E-state index contributed by atoms with van der Waals surface area (Å²) in [4.78, 5) is 62.7. The maximum Gasteiger partial charge on any atom is 0.328 e. The van der Waals surface area contributed by atoms with Gasteiger partial charge in [0.05, 0.1) is 20.6 Å². The molecular weight excluding hydrogens is 588 g/mol. The normalized spacial score (nSPS) is 11.9. The first-order chi connectivity index (χ1) is 22.1. The molecule has 244 valence electrons. The van der Waals surface area contributed by atoms with Gasteiger partial charge in [-0.2, -0.15) is 0 Å². The Balaban J connectivity index is 1.58. The van der Waals surface area contributed by atoms with Crippen LogP contribution in [0, 0.1) is 5.92 Å². The van der Waals surface area contributed by atoms with E-state index in [0.717, 1.165) is 11.1 Å². The highest BCUT2D eigenvalue weighted by Crippen LogP contribution is 2.14. The Hall–Kier alpha value is -5.19. The Kier molecular flexibility index (Phi) is 13.8. The molecular formula is C35H42N4O7. The lowest BCUT2D eigenvalue weighted by atomic mass is 10.00. The third-order valence-corrected chi connectivity index (χ3v) is 7.08. The lowest BCUT2D eigenvalue weighted by Gasteiger charge is -2.23. The molecule has 46 heavy (non-hydrogen) atoms. The summed E-state index contributed by atoms with van der Waals surface area (Å²) >= 11 is 0. The summed E-state index contributed by atoms with van der Waals surface area (Å²) in [7, 11) is 2.60. The molecule has 0 saturated heterocycles. The minimum atomic E-state index is -0.968. The number of para-hydroxylation sites is 1. The highest BCUT2D eigenvalue weighted by atomic mass is 16.5. The number of carbonyl (C=O) groups is 5. The fourth-order valence-electron chi connectivity index (χ4n) is 4.69. The van der Waals surface area contributed by atoms with Crippen LogP contribution in [0.15, 0.2) is 78.9 Å². The smallest absolute Gasteiger partial charge is 0.328 e. The number of nitrogens with one attached hydrogen (secondary N) is 4. The van der Waals surface area contributed by atoms with Crippen molar-refractivity contribution in [2.45, 2.75) is 58.0 Å². The van der Waals surface area contributed by atoms with Gasteiger partial charge in [-0.1, -0.05) is 68.4 Å². The van der Waals surface area contributed by atoms with Crippen LogP contribution in [0.2, 0.25) is 0 Å². The third-order valence-electron chi connectivity index (χ3n) is 7.08. The Labute approximate surface area is 269 Å². The molecule has 0 aliphatic carbocycles. The summed E-state index contributed by atoms with van der Waals surface area (Å²) in [6.45, 7) is 3.87. The van der Waals surface area contributed by atoms with Crippen molar-refractivity contribution in [2.24, 2.45) is 5.92 Å². The van der Waals surface area contributed by atoms with Crippen LogP contribution in [-0.4, -0.2) is 56.1 Å². The van der Waals surface area contributed by atoms with Gasteiger partial charge in [0.2, 0.25) is 11.8 Å². The molecule has 0 spiro atoms. The third kappa shape index (κ3) is 12.1. The van der Waals surface area contributed by atoms with E-state index >= 15 is 0 Å². The van der Waals surface area contributed by atoms with E-state index in [1.807, 2.05) is 56.3 Å². The monoisotopic (exact) mass is 630 g/mol. The molecule has 4 N–H and O–H groups in total. The van der Waals surface area contributed by atoms with Crippen molar-refractivity contribution in [3.8, 4) is 0 Å². The topological polar surface area (TPSA) is 152 Å². The number of ether oxygens (including phenoxy) is 2. The van der Waals surface area contributed by atoms with Crippen molar-refractivity contribution in [3.63, 3.8) is 0 Å². The van der Waals surface area contributed by atoms with Gasteiger partial charge in [-0.25, -0.2) is 9.59 Å². The highest BCUT2D eigenvalue weighted by Gasteiger charge is 2.28. The first-order valence-electron chi connectivity index (χ1n) is 15.1. The fraction of sp³-hybridized carbons (Fsp3) is 0.343. The number of esters is 2. The van der Waals surface area contributed by atoms with Gasteiger partial charge in [0, 0.05) is 24.2 Å². The molecule has 0 saturated carbocycles. The standard InChI is InChI=1S/C35H42N4O7/c1-23(2)20-29(33(42)39-30(34(43)46-4)21-25-12-10-24(11-13-25)16-19-32(41)45-3)38-31(40)22-26-14-17-28(18-15-26)37-35(44)36-27-8-6-5-7-9-27/h5-15,17-18,23,29-30H,16,19-22H2,1-4H3,(H,38,40)(H,39,42)(H2,36,37,44)/t29-,30-/m0/s1. The molecule has 0 aromatic heterocycles. The molecule has 2 atom stereocenters. The molecule has 0 radical (unpaired) electrons. The van der Waals surface area contributed by atoms with E-state index in [1.165, 1.54) is 14.2 Å². The van der Waals surface area contributed by atoms with Gasteiger partial charge in [-0.15, -0.1) is 0 Å². The summed E-state index contributed by atoms with van der Waals surface area (Å²) < 4.78 is 9.63. The zero-order chi connectivity index (χ0) is 33.5. The van der Waals surface area contributed by atoms with Crippen molar-refractivity contribution in [1.82, 2.24) is 10.6 Å². The summed E-state index contributed by atoms with van der Waals surface area (Å²) in [5.41, 5.74) is 3.63. The van der Waals surface area contributed by atoms with Gasteiger partial charge in [0.1, 0.15) is 12.1 Å². The second-order valence-electron chi connectivity index (χ2n) is 11.2. The molecule has 3 aromatic rings. The predicted octanol–water partition coefficient (Wildman–Crippen LogP) is 4.41. The summed E-state index contributed by atoms with van der Waals surface area (Å²) in [5.74, 6) is -1.67. The van der Waals surface area contributed by atoms with Crippen LogP contribution in [0.4, 0.5) is 16.2 Å². The van der Waals surface area contributed by atoms with Crippen molar-refractivity contribution < 1.29 is 33.4 Å². The first-order valence-corrected chi connectivity index (χ1v) is 15.1. The second kappa shape index (κ2) is 17.9. The number of amides is 4. The molecule has 0 unspecified atom stereocenters. The van der Waals surface area contributed by atoms with Crippen molar-refractivity contribution in [3.05, 3.63) is 95.6 Å². The number of anilines is 2. The molecule has 4 amide bonds. The number of rotatable bonds is 15. The van der Waals surface area contributed by atoms with Gasteiger partial charge in [0.15, 0.2) is 0 Å². The SMILES string of the molecule is COC(=O)CCc1ccc(C[C@H](NC(=O)[C@H](CC(C)C)NC(=O)Cc2ccc(NC(=O)Nc3ccccc3)cc2)C(=O)OC)cc1. The number of urea groups is 1. The molecule has 0 bridgehead atoms. The second-order valence-corrected chi connectivity index (χ2v) is 11.2. The van der Waals surface area contributed by atoms with E-state index in [9.17, 15) is 24.0 Å². The van der Waals surface area contributed by atoms with E-state index in [0.29, 0.717) is 29.8 Å². The van der Waals surface area contributed by atoms with E-state index in [1.54, 1.807) is 36.4 Å². The molecule has 0 heterocycles. The van der Waals surface area contributed by atoms with Gasteiger partial charge >= 0.3 is 18.0 Å². The lowest BCUT2D eigenvalue weighted by molar-refractivity contribution is -0.145. The van der Waals surface area contributed by atoms with Crippen LogP contribution >= 0.6 is 0 Å². The maximum atomic E-state index is 13.4. The van der Waals surface area contributed by atoms with Crippen LogP contribution in [-0.2, 0) is 47.9 Å². The largest absolute Gasteiger partial charge is 0.469 e. The molecule has 11 nitrogen and oxygen atoms in total. The van der Waals surface area contributed by atoms with Gasteiger partial charge < -0.3 is 30.7 Å². The van der Waals surface area contributed by atoms with E-state index in [2.05, 4.69) is 26.0 Å². The van der Waals surface area contributed by atoms with Crippen molar-refractivity contribution >= 4 is 41.2 Å². The summed E-state index contributed by atoms with van der Waals surface area (Å²) in [6, 6.07) is 21.0. The fourth-order valence-corrected chi connectivity index (χ4v) is 4.69. The number of hydrogen-bond acceptors (Lipinski definition) is 7. The predicted molar refractivity (Wildman–Crippen MR) is 175 cm³/mol. The number of carbonyl (C=O) groups excluding carboxylic acids is 5. The zero-order valence-electron chi connectivity index (χ0n) is 26.6. The van der Waals surface area contributed by atoms with Gasteiger partial charge in [-0.3, -0.25) is 14.4 Å². The molecule has 3 rings (SSSR count). The molecule has 0 aliphatic rings. The summed E-state index contributed by atoms with van der Waals surface area (Å²) in [6.07, 6.45) is 1.34. The number of benzene rings is 3. The van der Waals surface area contributed by atoms with Crippen molar-refractivity contribution in [2.75, 3.05) is 24.9 Å². The first kappa shape index (κ1) is 35.3. The molecule has 0 aliphatic heterocycles. The molecule has 11 heteroatoms. The van der Waals surface area contributed by atoms with Gasteiger partial charge in [0.25, 0.3) is 0 Å². The lowest BCUT2D eigenvalue weighted by Crippen LogP contribution is -2.53. The average Bonchev–Trinajstić information content (AvgIpc) is 3.04. The van der Waals surface area contributed by atoms with Gasteiger partial charge in [-0.05, 0) is 59.7 Å². The van der Waals surface area contributed by atoms with Crippen LogP contribution in [0.3, 0.4) is 0 Å². The Bertz CT molecular complexity index is 1460. The zero-order valence-corrected chi connectivity index (χ0v) is 26.6. The Morgan fingerprint density at radius 2 is 1.26 bits per heavy atom. The van der Waals surface area contributed by atoms with E-state index < -0.39 is 30.0 Å². The minimum absolute atomic E-state index is 0.0150. The van der Waals surface area contributed by atoms with E-state index in [4.69, 9.17) is 4.74 Å². The Morgan fingerprint density at radius 3 is 1.85 bits per heavy atom. The van der Waals surface area contributed by atoms with Crippen LogP contribution < -0.4 is 21.3 Å². The van der Waals surface area contributed by atoms with Crippen LogP contribution in [0.5, 0.6) is 0 Å².